The number of benzene rings is 2. The van der Waals surface area contributed by atoms with Crippen LogP contribution in [-0.4, -0.2) is 18.2 Å². The van der Waals surface area contributed by atoms with Gasteiger partial charge in [0.2, 0.25) is 0 Å². The standard InChI is InChI=1S/C20H24ClNO3/c1-4-24-19(23)20(2,3)25-18-11-10-16(12-17(18)21)14-22-13-15-8-6-5-7-9-15/h5-12,22H,4,13-14H2,1-3H3. The number of rotatable bonds is 8. The third kappa shape index (κ3) is 5.76. The van der Waals surface area contributed by atoms with Gasteiger partial charge in [-0.05, 0) is 44.0 Å². The van der Waals surface area contributed by atoms with Crippen molar-refractivity contribution in [1.29, 1.82) is 0 Å². The summed E-state index contributed by atoms with van der Waals surface area (Å²) in [6, 6.07) is 15.7. The summed E-state index contributed by atoms with van der Waals surface area (Å²) in [6.45, 7) is 6.87. The van der Waals surface area contributed by atoms with Gasteiger partial charge in [-0.1, -0.05) is 48.0 Å². The number of hydrogen-bond donors (Lipinski definition) is 1. The number of nitrogens with one attached hydrogen (secondary N) is 1. The minimum atomic E-state index is -1.09. The highest BCUT2D eigenvalue weighted by Crippen LogP contribution is 2.29. The zero-order valence-corrected chi connectivity index (χ0v) is 15.6. The molecule has 0 saturated carbocycles. The minimum absolute atomic E-state index is 0.311. The molecular formula is C20H24ClNO3. The van der Waals surface area contributed by atoms with E-state index in [9.17, 15) is 4.79 Å². The van der Waals surface area contributed by atoms with E-state index in [1.165, 1.54) is 5.56 Å². The highest BCUT2D eigenvalue weighted by molar-refractivity contribution is 6.32. The van der Waals surface area contributed by atoms with Gasteiger partial charge in [-0.2, -0.15) is 0 Å². The van der Waals surface area contributed by atoms with Gasteiger partial charge in [-0.15, -0.1) is 0 Å². The molecule has 0 amide bonds. The first-order valence-corrected chi connectivity index (χ1v) is 8.69. The molecule has 0 bridgehead atoms. The molecule has 0 aliphatic carbocycles. The van der Waals surface area contributed by atoms with Gasteiger partial charge in [0.05, 0.1) is 11.6 Å². The van der Waals surface area contributed by atoms with Crippen molar-refractivity contribution in [3.8, 4) is 5.75 Å². The Kier molecular flexibility index (Phi) is 6.85. The van der Waals surface area contributed by atoms with Gasteiger partial charge in [-0.3, -0.25) is 0 Å². The zero-order valence-electron chi connectivity index (χ0n) is 14.8. The van der Waals surface area contributed by atoms with E-state index >= 15 is 0 Å². The third-order valence-corrected chi connectivity index (χ3v) is 3.92. The van der Waals surface area contributed by atoms with Crippen molar-refractivity contribution in [3.05, 3.63) is 64.7 Å². The average molecular weight is 362 g/mol. The van der Waals surface area contributed by atoms with Gasteiger partial charge in [0.1, 0.15) is 5.75 Å². The molecule has 0 aliphatic rings. The summed E-state index contributed by atoms with van der Waals surface area (Å²) < 4.78 is 10.8. The molecule has 0 aromatic heterocycles. The largest absolute Gasteiger partial charge is 0.475 e. The first-order chi connectivity index (χ1) is 11.9. The Morgan fingerprint density at radius 2 is 1.76 bits per heavy atom. The summed E-state index contributed by atoms with van der Waals surface area (Å²) in [5, 5.41) is 3.84. The summed E-state index contributed by atoms with van der Waals surface area (Å²) in [4.78, 5) is 11.9. The average Bonchev–Trinajstić information content (AvgIpc) is 2.58. The number of carbonyl (C=O) groups is 1. The van der Waals surface area contributed by atoms with Gasteiger partial charge in [-0.25, -0.2) is 4.79 Å². The van der Waals surface area contributed by atoms with Crippen molar-refractivity contribution in [3.63, 3.8) is 0 Å². The molecule has 2 rings (SSSR count). The minimum Gasteiger partial charge on any atom is -0.475 e. The maximum Gasteiger partial charge on any atom is 0.349 e. The molecule has 0 atom stereocenters. The van der Waals surface area contributed by atoms with E-state index in [0.29, 0.717) is 23.9 Å². The molecule has 0 spiro atoms. The smallest absolute Gasteiger partial charge is 0.349 e. The van der Waals surface area contributed by atoms with E-state index < -0.39 is 11.6 Å². The summed E-state index contributed by atoms with van der Waals surface area (Å²) in [6.07, 6.45) is 0. The SMILES string of the molecule is CCOC(=O)C(C)(C)Oc1ccc(CNCc2ccccc2)cc1Cl. The van der Waals surface area contributed by atoms with E-state index in [-0.39, 0.29) is 0 Å². The Bertz CT molecular complexity index is 701. The number of carbonyl (C=O) groups excluding carboxylic acids is 1. The summed E-state index contributed by atoms with van der Waals surface area (Å²) in [7, 11) is 0. The lowest BCUT2D eigenvalue weighted by Crippen LogP contribution is -2.39. The quantitative estimate of drug-likeness (QED) is 0.710. The van der Waals surface area contributed by atoms with Crippen molar-refractivity contribution < 1.29 is 14.3 Å². The van der Waals surface area contributed by atoms with Gasteiger partial charge in [0.15, 0.2) is 5.60 Å². The number of ether oxygens (including phenoxy) is 2. The molecule has 134 valence electrons. The van der Waals surface area contributed by atoms with Gasteiger partial charge in [0, 0.05) is 13.1 Å². The normalized spacial score (nSPS) is 11.2. The molecule has 2 aromatic rings. The van der Waals surface area contributed by atoms with Crippen LogP contribution in [0.15, 0.2) is 48.5 Å². The van der Waals surface area contributed by atoms with Crippen molar-refractivity contribution in [1.82, 2.24) is 5.32 Å². The Morgan fingerprint density at radius 1 is 1.08 bits per heavy atom. The van der Waals surface area contributed by atoms with Crippen molar-refractivity contribution >= 4 is 17.6 Å². The first-order valence-electron chi connectivity index (χ1n) is 8.31. The molecule has 0 unspecified atom stereocenters. The lowest BCUT2D eigenvalue weighted by molar-refractivity contribution is -0.158. The predicted molar refractivity (Wildman–Crippen MR) is 99.8 cm³/mol. The second-order valence-corrected chi connectivity index (χ2v) is 6.59. The summed E-state index contributed by atoms with van der Waals surface area (Å²) in [5.74, 6) is 0.0474. The molecule has 25 heavy (non-hydrogen) atoms. The van der Waals surface area contributed by atoms with Crippen LogP contribution in [0.25, 0.3) is 0 Å². The second kappa shape index (κ2) is 8.88. The van der Waals surface area contributed by atoms with Crippen LogP contribution in [-0.2, 0) is 22.6 Å². The van der Waals surface area contributed by atoms with Crippen LogP contribution in [0.5, 0.6) is 5.75 Å². The van der Waals surface area contributed by atoms with Crippen LogP contribution >= 0.6 is 11.6 Å². The Labute approximate surface area is 154 Å². The number of halogens is 1. The van der Waals surface area contributed by atoms with Gasteiger partial charge < -0.3 is 14.8 Å². The molecule has 0 aliphatic heterocycles. The highest BCUT2D eigenvalue weighted by atomic mass is 35.5. The van der Waals surface area contributed by atoms with E-state index in [1.54, 1.807) is 26.8 Å². The monoisotopic (exact) mass is 361 g/mol. The molecule has 1 N–H and O–H groups in total. The fourth-order valence-electron chi connectivity index (χ4n) is 2.31. The summed E-state index contributed by atoms with van der Waals surface area (Å²) in [5.41, 5.74) is 1.18. The van der Waals surface area contributed by atoms with Gasteiger partial charge in [0.25, 0.3) is 0 Å². The van der Waals surface area contributed by atoms with E-state index in [2.05, 4.69) is 17.4 Å². The molecule has 5 heteroatoms. The molecule has 0 radical (unpaired) electrons. The Balaban J connectivity index is 1.94. The molecular weight excluding hydrogens is 338 g/mol. The molecule has 0 saturated heterocycles. The lowest BCUT2D eigenvalue weighted by Gasteiger charge is -2.24. The van der Waals surface area contributed by atoms with Crippen LogP contribution < -0.4 is 10.1 Å². The zero-order chi connectivity index (χ0) is 18.3. The van der Waals surface area contributed by atoms with E-state index in [4.69, 9.17) is 21.1 Å². The maximum absolute atomic E-state index is 11.9. The topological polar surface area (TPSA) is 47.6 Å². The van der Waals surface area contributed by atoms with Crippen molar-refractivity contribution in [2.24, 2.45) is 0 Å². The lowest BCUT2D eigenvalue weighted by atomic mass is 10.1. The fourth-order valence-corrected chi connectivity index (χ4v) is 2.55. The Hall–Kier alpha value is -2.04. The fraction of sp³-hybridized carbons (Fsp3) is 0.350. The van der Waals surface area contributed by atoms with Gasteiger partial charge >= 0.3 is 5.97 Å². The third-order valence-electron chi connectivity index (χ3n) is 3.63. The first kappa shape index (κ1) is 19.3. The molecule has 2 aromatic carbocycles. The maximum atomic E-state index is 11.9. The van der Waals surface area contributed by atoms with Crippen LogP contribution in [0, 0.1) is 0 Å². The number of hydrogen-bond acceptors (Lipinski definition) is 4. The van der Waals surface area contributed by atoms with E-state index in [0.717, 1.165) is 12.1 Å². The second-order valence-electron chi connectivity index (χ2n) is 6.19. The predicted octanol–water partition coefficient (Wildman–Crippen LogP) is 4.35. The Morgan fingerprint density at radius 3 is 2.40 bits per heavy atom. The van der Waals surface area contributed by atoms with Crippen molar-refractivity contribution in [2.75, 3.05) is 6.61 Å². The van der Waals surface area contributed by atoms with Crippen LogP contribution in [0.2, 0.25) is 5.02 Å². The molecule has 0 heterocycles. The van der Waals surface area contributed by atoms with Crippen molar-refractivity contribution in [2.45, 2.75) is 39.5 Å². The van der Waals surface area contributed by atoms with Crippen LogP contribution in [0.3, 0.4) is 0 Å². The van der Waals surface area contributed by atoms with E-state index in [1.807, 2.05) is 30.3 Å². The molecule has 4 nitrogen and oxygen atoms in total. The van der Waals surface area contributed by atoms with Crippen LogP contribution in [0.1, 0.15) is 31.9 Å². The highest BCUT2D eigenvalue weighted by Gasteiger charge is 2.32. The molecule has 0 fully saturated rings. The number of esters is 1. The van der Waals surface area contributed by atoms with Crippen LogP contribution in [0.4, 0.5) is 0 Å². The summed E-state index contributed by atoms with van der Waals surface area (Å²) >= 11 is 6.31.